The first kappa shape index (κ1) is 51.5. The third-order valence-electron chi connectivity index (χ3n) is 9.58. The number of aromatic nitrogens is 2. The molecule has 19 heteroatoms. The maximum atomic E-state index is 12.5. The highest BCUT2D eigenvalue weighted by Gasteiger charge is 2.44. The van der Waals surface area contributed by atoms with Crippen LogP contribution in [0.2, 0.25) is 0 Å². The van der Waals surface area contributed by atoms with Crippen molar-refractivity contribution in [3.8, 4) is 0 Å². The maximum Gasteiger partial charge on any atom is 0.410 e. The number of hydrogen-bond acceptors (Lipinski definition) is 12. The number of nitrogens with zero attached hydrogens (tertiary/aromatic N) is 4. The molecule has 2 fully saturated rings. The monoisotopic (exact) mass is 872 g/mol. The molecule has 4 atom stereocenters. The van der Waals surface area contributed by atoms with Crippen molar-refractivity contribution in [2.45, 2.75) is 166 Å². The summed E-state index contributed by atoms with van der Waals surface area (Å²) >= 11 is 0. The van der Waals surface area contributed by atoms with E-state index in [-0.39, 0.29) is 40.4 Å². The lowest BCUT2D eigenvalue weighted by atomic mass is 9.92. The molecule has 4 rings (SSSR count). The largest absolute Gasteiger partial charge is 0.444 e. The molecule has 2 amide bonds. The number of pyridine rings is 2. The van der Waals surface area contributed by atoms with Gasteiger partial charge < -0.3 is 30.3 Å². The molecule has 2 aromatic heterocycles. The van der Waals surface area contributed by atoms with Gasteiger partial charge in [0.15, 0.2) is 10.1 Å². The van der Waals surface area contributed by atoms with Crippen molar-refractivity contribution in [2.75, 3.05) is 18.4 Å². The lowest BCUT2D eigenvalue weighted by Gasteiger charge is -2.33. The number of hydrogen-bond donors (Lipinski definition) is 4. The Morgan fingerprint density at radius 1 is 0.780 bits per heavy atom. The zero-order valence-electron chi connectivity index (χ0n) is 36.9. The van der Waals surface area contributed by atoms with E-state index < -0.39 is 42.2 Å². The Morgan fingerprint density at radius 3 is 1.56 bits per heavy atom. The molecule has 0 aliphatic carbocycles. The number of ether oxygens (including phenoxy) is 2. The van der Waals surface area contributed by atoms with E-state index in [0.29, 0.717) is 24.2 Å². The van der Waals surface area contributed by atoms with E-state index in [4.69, 9.17) is 20.3 Å². The highest BCUT2D eigenvalue weighted by atomic mass is 32.2. The van der Waals surface area contributed by atoms with E-state index in [0.717, 1.165) is 57.2 Å². The van der Waals surface area contributed by atoms with E-state index in [1.165, 1.54) is 12.1 Å². The van der Waals surface area contributed by atoms with Gasteiger partial charge in [0.1, 0.15) is 17.0 Å². The number of carbonyl (C=O) groups is 2. The van der Waals surface area contributed by atoms with Crippen LogP contribution >= 0.6 is 0 Å². The molecule has 4 unspecified atom stereocenters. The summed E-state index contributed by atoms with van der Waals surface area (Å²) in [5.41, 5.74) is 4.50. The molecule has 7 N–H and O–H groups in total. The molecule has 4 heterocycles. The van der Waals surface area contributed by atoms with Crippen LogP contribution in [0.15, 0.2) is 46.5 Å². The van der Waals surface area contributed by atoms with E-state index in [1.54, 1.807) is 12.1 Å². The summed E-state index contributed by atoms with van der Waals surface area (Å²) in [6.07, 6.45) is 5.39. The van der Waals surface area contributed by atoms with Crippen molar-refractivity contribution in [2.24, 2.45) is 27.8 Å². The predicted octanol–water partition coefficient (Wildman–Crippen LogP) is 6.36. The fourth-order valence-corrected chi connectivity index (χ4v) is 7.92. The van der Waals surface area contributed by atoms with E-state index >= 15 is 0 Å². The molecule has 0 saturated carbocycles. The smallest absolute Gasteiger partial charge is 0.410 e. The summed E-state index contributed by atoms with van der Waals surface area (Å²) < 4.78 is 67.3. The van der Waals surface area contributed by atoms with Gasteiger partial charge in [-0.25, -0.2) is 46.7 Å². The second kappa shape index (κ2) is 20.3. The van der Waals surface area contributed by atoms with Gasteiger partial charge in [0.05, 0.1) is 0 Å². The normalized spacial score (nSPS) is 20.0. The third kappa shape index (κ3) is 18.2. The highest BCUT2D eigenvalue weighted by Crippen LogP contribution is 2.37. The fourth-order valence-electron chi connectivity index (χ4n) is 6.95. The zero-order valence-corrected chi connectivity index (χ0v) is 38.5. The van der Waals surface area contributed by atoms with Crippen molar-refractivity contribution < 1.29 is 40.3 Å². The Labute approximate surface area is 351 Å². The minimum Gasteiger partial charge on any atom is -0.444 e. The minimum atomic E-state index is -3.88. The van der Waals surface area contributed by atoms with Crippen LogP contribution in [0, 0.1) is 17.8 Å². The van der Waals surface area contributed by atoms with Gasteiger partial charge in [0.2, 0.25) is 5.95 Å². The summed E-state index contributed by atoms with van der Waals surface area (Å²) in [4.78, 5) is 35.6. The van der Waals surface area contributed by atoms with Crippen LogP contribution in [0.25, 0.3) is 0 Å². The summed E-state index contributed by atoms with van der Waals surface area (Å²) in [5.74, 6) is 0.529. The SMILES string of the molecule is CC(CCC1CN(C(=O)OC(C)(C)C)C(C)(C)C1)Nc1cccc(S(N)(=O)=O)n1.CC(N)CCC1CN(C(=O)OC(C)(C)C)C(C)(C)C1.NS(=O)(=O)c1cccc(F)n1. The molecule has 0 bridgehead atoms. The van der Waals surface area contributed by atoms with Gasteiger partial charge in [-0.15, -0.1) is 0 Å². The van der Waals surface area contributed by atoms with Gasteiger partial charge in [0.25, 0.3) is 20.0 Å². The third-order valence-corrected chi connectivity index (χ3v) is 11.2. The first-order valence-corrected chi connectivity index (χ1v) is 23.0. The predicted molar refractivity (Wildman–Crippen MR) is 227 cm³/mol. The molecule has 2 aromatic rings. The molecule has 2 saturated heterocycles. The number of primary sulfonamides is 2. The number of carbonyl (C=O) groups excluding carboxylic acids is 2. The van der Waals surface area contributed by atoms with Crippen LogP contribution in [-0.4, -0.2) is 96.2 Å². The number of amides is 2. The Hall–Kier alpha value is -3.65. The van der Waals surface area contributed by atoms with E-state index in [9.17, 15) is 30.8 Å². The van der Waals surface area contributed by atoms with Crippen molar-refractivity contribution in [1.82, 2.24) is 19.8 Å². The number of nitrogens with one attached hydrogen (secondary N) is 1. The molecule has 0 spiro atoms. The van der Waals surface area contributed by atoms with Crippen LogP contribution in [-0.2, 0) is 29.5 Å². The van der Waals surface area contributed by atoms with Crippen LogP contribution in [0.3, 0.4) is 0 Å². The quantitative estimate of drug-likeness (QED) is 0.191. The number of rotatable bonds is 10. The molecule has 2 aliphatic heterocycles. The van der Waals surface area contributed by atoms with E-state index in [2.05, 4.69) is 48.1 Å². The zero-order chi connectivity index (χ0) is 45.4. The molecule has 16 nitrogen and oxygen atoms in total. The number of anilines is 1. The lowest BCUT2D eigenvalue weighted by Crippen LogP contribution is -2.45. The second-order valence-corrected chi connectivity index (χ2v) is 21.9. The standard InChI is InChI=1S/C20H34N4O4S.C15H30N2O2.C5H5FN2O2S/c1-14(22-16-8-7-9-17(23-16)29(21,26)27)10-11-15-12-20(5,6)24(13-15)18(25)28-19(2,3)4;1-11(16)7-8-12-9-15(5,6)17(10-12)13(18)19-14(2,3)4;6-4-2-1-3-5(8-4)11(7,9)10/h7-9,14-15H,10-13H2,1-6H3,(H,22,23)(H2,21,26,27);11-12H,7-10,16H2,1-6H3;1-3H,(H2,7,9,10). The molecular formula is C40H69FN8O8S2. The van der Waals surface area contributed by atoms with Crippen LogP contribution < -0.4 is 21.3 Å². The summed E-state index contributed by atoms with van der Waals surface area (Å²) in [5, 5.41) is 12.4. The second-order valence-electron chi connectivity index (χ2n) is 18.9. The van der Waals surface area contributed by atoms with Crippen LogP contribution in [0.4, 0.5) is 19.8 Å². The summed E-state index contributed by atoms with van der Waals surface area (Å²) in [6.45, 7) is 25.2. The summed E-state index contributed by atoms with van der Waals surface area (Å²) in [7, 11) is -7.70. The van der Waals surface area contributed by atoms with Gasteiger partial charge in [-0.1, -0.05) is 12.1 Å². The van der Waals surface area contributed by atoms with Gasteiger partial charge >= 0.3 is 12.2 Å². The first-order valence-electron chi connectivity index (χ1n) is 19.9. The number of nitrogens with two attached hydrogens (primary N) is 3. The average molecular weight is 873 g/mol. The Balaban J connectivity index is 0.000000341. The highest BCUT2D eigenvalue weighted by molar-refractivity contribution is 7.89. The maximum absolute atomic E-state index is 12.5. The van der Waals surface area contributed by atoms with Crippen molar-refractivity contribution in [1.29, 1.82) is 0 Å². The first-order chi connectivity index (χ1) is 26.7. The number of halogens is 1. The lowest BCUT2D eigenvalue weighted by molar-refractivity contribution is 0.0118. The molecule has 336 valence electrons. The topological polar surface area (TPSA) is 243 Å². The van der Waals surface area contributed by atoms with Crippen LogP contribution in [0.5, 0.6) is 0 Å². The Morgan fingerprint density at radius 2 is 1.19 bits per heavy atom. The van der Waals surface area contributed by atoms with Crippen LogP contribution in [0.1, 0.15) is 122 Å². The number of sulfonamides is 2. The van der Waals surface area contributed by atoms with Gasteiger partial charge in [-0.2, -0.15) is 4.39 Å². The fraction of sp³-hybridized carbons (Fsp3) is 0.700. The minimum absolute atomic E-state index is 0.0944. The van der Waals surface area contributed by atoms with Gasteiger partial charge in [-0.05, 0) is 158 Å². The van der Waals surface area contributed by atoms with Gasteiger partial charge in [0, 0.05) is 36.3 Å². The summed E-state index contributed by atoms with van der Waals surface area (Å²) in [6, 6.07) is 8.41. The number of likely N-dealkylation sites (tertiary alicyclic amines) is 2. The molecule has 59 heavy (non-hydrogen) atoms. The van der Waals surface area contributed by atoms with Crippen molar-refractivity contribution in [3.05, 3.63) is 42.3 Å². The van der Waals surface area contributed by atoms with Crippen molar-refractivity contribution in [3.63, 3.8) is 0 Å². The molecule has 2 aliphatic rings. The Bertz CT molecular complexity index is 1930. The molecule has 0 radical (unpaired) electrons. The van der Waals surface area contributed by atoms with Crippen molar-refractivity contribution >= 4 is 38.1 Å². The average Bonchev–Trinajstić information content (AvgIpc) is 3.54. The molecule has 0 aromatic carbocycles. The van der Waals surface area contributed by atoms with E-state index in [1.807, 2.05) is 65.2 Å². The Kier molecular flexibility index (Phi) is 17.7. The molecular weight excluding hydrogens is 804 g/mol. The van der Waals surface area contributed by atoms with Gasteiger partial charge in [-0.3, -0.25) is 0 Å².